The number of carbonyl (C=O) groups is 1. The lowest BCUT2D eigenvalue weighted by atomic mass is 9.97. The minimum absolute atomic E-state index is 0.231. The van der Waals surface area contributed by atoms with E-state index in [9.17, 15) is 9.59 Å². The quantitative estimate of drug-likeness (QED) is 0.308. The molecule has 0 spiro atoms. The van der Waals surface area contributed by atoms with E-state index < -0.39 is 12.0 Å². The van der Waals surface area contributed by atoms with Crippen molar-refractivity contribution in [1.82, 2.24) is 4.57 Å². The van der Waals surface area contributed by atoms with Gasteiger partial charge in [0.1, 0.15) is 12.6 Å². The molecule has 0 saturated heterocycles. The third-order valence-electron chi connectivity index (χ3n) is 6.38. The molecule has 0 amide bonds. The van der Waals surface area contributed by atoms with Gasteiger partial charge in [0, 0.05) is 5.70 Å². The number of esters is 1. The number of fused-ring (bicyclic) bond motifs is 1. The number of thiazole rings is 1. The molecule has 39 heavy (non-hydrogen) atoms. The summed E-state index contributed by atoms with van der Waals surface area (Å²) in [4.78, 5) is 31.9. The van der Waals surface area contributed by atoms with Crippen LogP contribution in [-0.4, -0.2) is 24.3 Å². The summed E-state index contributed by atoms with van der Waals surface area (Å²) >= 11 is 1.28. The van der Waals surface area contributed by atoms with Crippen LogP contribution in [0.5, 0.6) is 11.5 Å². The van der Waals surface area contributed by atoms with E-state index in [-0.39, 0.29) is 12.2 Å². The molecule has 0 bridgehead atoms. The van der Waals surface area contributed by atoms with Crippen molar-refractivity contribution < 1.29 is 19.0 Å². The number of allylic oxidation sites excluding steroid dienone is 1. The van der Waals surface area contributed by atoms with E-state index in [0.717, 1.165) is 16.7 Å². The van der Waals surface area contributed by atoms with Gasteiger partial charge in [0.25, 0.3) is 5.56 Å². The van der Waals surface area contributed by atoms with Gasteiger partial charge in [0.05, 0.1) is 23.8 Å². The Labute approximate surface area is 229 Å². The monoisotopic (exact) mass is 540 g/mol. The van der Waals surface area contributed by atoms with Crippen molar-refractivity contribution in [2.75, 3.05) is 13.7 Å². The third kappa shape index (κ3) is 5.42. The molecule has 4 aromatic rings. The molecule has 1 atom stereocenters. The van der Waals surface area contributed by atoms with Gasteiger partial charge in [0.15, 0.2) is 16.3 Å². The zero-order valence-corrected chi connectivity index (χ0v) is 22.7. The highest BCUT2D eigenvalue weighted by Crippen LogP contribution is 2.32. The summed E-state index contributed by atoms with van der Waals surface area (Å²) in [6.45, 7) is 4.17. The minimum atomic E-state index is -0.558. The second kappa shape index (κ2) is 11.5. The number of hydrogen-bond donors (Lipinski definition) is 0. The van der Waals surface area contributed by atoms with E-state index in [0.29, 0.717) is 38.7 Å². The molecule has 8 heteroatoms. The number of hydrogen-bond acceptors (Lipinski definition) is 7. The molecule has 5 rings (SSSR count). The highest BCUT2D eigenvalue weighted by molar-refractivity contribution is 7.07. The van der Waals surface area contributed by atoms with Gasteiger partial charge in [-0.1, -0.05) is 78.1 Å². The molecule has 2 heterocycles. The molecule has 1 aliphatic rings. The maximum atomic E-state index is 13.5. The summed E-state index contributed by atoms with van der Waals surface area (Å²) in [5.41, 5.74) is 3.33. The molecule has 3 aromatic carbocycles. The Bertz CT molecular complexity index is 1710. The van der Waals surface area contributed by atoms with Crippen LogP contribution in [0, 0.1) is 0 Å². The zero-order chi connectivity index (χ0) is 27.4. The molecule has 0 N–H and O–H groups in total. The lowest BCUT2D eigenvalue weighted by molar-refractivity contribution is -0.138. The van der Waals surface area contributed by atoms with Crippen molar-refractivity contribution in [2.24, 2.45) is 4.99 Å². The van der Waals surface area contributed by atoms with Gasteiger partial charge in [-0.25, -0.2) is 9.79 Å². The second-order valence-corrected chi connectivity index (χ2v) is 9.89. The largest absolute Gasteiger partial charge is 0.493 e. The van der Waals surface area contributed by atoms with Gasteiger partial charge < -0.3 is 14.2 Å². The normalized spacial score (nSPS) is 14.9. The number of carbonyl (C=O) groups excluding carboxylic acids is 1. The zero-order valence-electron chi connectivity index (χ0n) is 21.9. The highest BCUT2D eigenvalue weighted by atomic mass is 32.1. The van der Waals surface area contributed by atoms with Gasteiger partial charge in [-0.2, -0.15) is 0 Å². The molecular formula is C31H28N2O5S. The number of nitrogens with zero attached hydrogens (tertiary/aromatic N) is 2. The first-order valence-electron chi connectivity index (χ1n) is 12.6. The third-order valence-corrected chi connectivity index (χ3v) is 7.36. The molecule has 0 saturated carbocycles. The topological polar surface area (TPSA) is 79.1 Å². The molecule has 7 nitrogen and oxygen atoms in total. The minimum Gasteiger partial charge on any atom is -0.493 e. The van der Waals surface area contributed by atoms with E-state index in [4.69, 9.17) is 19.2 Å². The van der Waals surface area contributed by atoms with Crippen molar-refractivity contribution in [3.63, 3.8) is 0 Å². The Hall–Kier alpha value is -4.43. The van der Waals surface area contributed by atoms with Crippen molar-refractivity contribution in [3.8, 4) is 11.5 Å². The molecule has 1 aromatic heterocycles. The molecule has 1 aliphatic heterocycles. The second-order valence-electron chi connectivity index (χ2n) is 8.88. The van der Waals surface area contributed by atoms with Crippen LogP contribution in [0.2, 0.25) is 0 Å². The first-order chi connectivity index (χ1) is 19.0. The van der Waals surface area contributed by atoms with Crippen LogP contribution in [0.1, 0.15) is 36.6 Å². The summed E-state index contributed by atoms with van der Waals surface area (Å²) in [5, 5.41) is 0. The Morgan fingerprint density at radius 2 is 1.74 bits per heavy atom. The molecular weight excluding hydrogens is 512 g/mol. The van der Waals surface area contributed by atoms with Gasteiger partial charge in [-0.05, 0) is 48.7 Å². The Morgan fingerprint density at radius 3 is 2.44 bits per heavy atom. The number of aromatic nitrogens is 1. The Kier molecular flexibility index (Phi) is 7.74. The number of ether oxygens (including phenoxy) is 3. The summed E-state index contributed by atoms with van der Waals surface area (Å²) in [5.74, 6) is 0.701. The van der Waals surface area contributed by atoms with Crippen LogP contribution >= 0.6 is 11.3 Å². The smallest absolute Gasteiger partial charge is 0.338 e. The van der Waals surface area contributed by atoms with Crippen LogP contribution < -0.4 is 24.4 Å². The van der Waals surface area contributed by atoms with E-state index in [1.54, 1.807) is 27.0 Å². The van der Waals surface area contributed by atoms with Gasteiger partial charge in [-0.3, -0.25) is 9.36 Å². The van der Waals surface area contributed by atoms with Crippen molar-refractivity contribution in [3.05, 3.63) is 121 Å². The molecule has 0 unspecified atom stereocenters. The van der Waals surface area contributed by atoms with Crippen LogP contribution in [-0.2, 0) is 16.1 Å². The Balaban J connectivity index is 1.54. The first kappa shape index (κ1) is 26.2. The lowest BCUT2D eigenvalue weighted by Crippen LogP contribution is -2.35. The van der Waals surface area contributed by atoms with Crippen LogP contribution in [0.25, 0.3) is 11.8 Å². The Morgan fingerprint density at radius 1 is 1.03 bits per heavy atom. The maximum Gasteiger partial charge on any atom is 0.338 e. The van der Waals surface area contributed by atoms with E-state index in [2.05, 4.69) is 0 Å². The molecule has 0 fully saturated rings. The van der Waals surface area contributed by atoms with Crippen molar-refractivity contribution in [1.29, 1.82) is 0 Å². The average Bonchev–Trinajstić information content (AvgIpc) is 3.28. The van der Waals surface area contributed by atoms with Crippen LogP contribution in [0.3, 0.4) is 0 Å². The van der Waals surface area contributed by atoms with E-state index >= 15 is 0 Å². The fourth-order valence-electron chi connectivity index (χ4n) is 4.47. The number of rotatable bonds is 8. The lowest BCUT2D eigenvalue weighted by Gasteiger charge is -2.22. The fraction of sp³-hybridized carbons (Fsp3) is 0.194. The van der Waals surface area contributed by atoms with Crippen LogP contribution in [0.4, 0.5) is 0 Å². The standard InChI is InChI=1S/C31H28N2O5S/c1-4-37-30(35)27-20(2)33-29(34)26(39-31(33)32-28(27)23-13-9-6-10-14-23)18-22-15-16-24(25(17-22)36-3)38-19-21-11-7-5-8-12-21/h5-18,28H,4,19H2,1-3H3/b26-18-/t28-/m1/s1. The van der Waals surface area contributed by atoms with Crippen molar-refractivity contribution in [2.45, 2.75) is 26.5 Å². The van der Waals surface area contributed by atoms with Gasteiger partial charge >= 0.3 is 5.97 Å². The van der Waals surface area contributed by atoms with Crippen molar-refractivity contribution >= 4 is 29.1 Å². The average molecular weight is 541 g/mol. The first-order valence-corrected chi connectivity index (χ1v) is 13.4. The fourth-order valence-corrected chi connectivity index (χ4v) is 5.51. The van der Waals surface area contributed by atoms with Gasteiger partial charge in [-0.15, -0.1) is 0 Å². The molecule has 0 aliphatic carbocycles. The summed E-state index contributed by atoms with van der Waals surface area (Å²) in [7, 11) is 1.58. The summed E-state index contributed by atoms with van der Waals surface area (Å²) < 4.78 is 18.9. The SMILES string of the molecule is CCOC(=O)C1=C(C)n2c(s/c(=C\c3ccc(OCc4ccccc4)c(OC)c3)c2=O)=N[C@@H]1c1ccccc1. The summed E-state index contributed by atoms with van der Waals surface area (Å²) in [6, 6.07) is 24.4. The maximum absolute atomic E-state index is 13.5. The van der Waals surface area contributed by atoms with E-state index in [1.807, 2.05) is 78.9 Å². The predicted molar refractivity (Wildman–Crippen MR) is 151 cm³/mol. The highest BCUT2D eigenvalue weighted by Gasteiger charge is 2.31. The molecule has 198 valence electrons. The predicted octanol–water partition coefficient (Wildman–Crippen LogP) is 4.49. The van der Waals surface area contributed by atoms with E-state index in [1.165, 1.54) is 15.9 Å². The number of methoxy groups -OCH3 is 1. The van der Waals surface area contributed by atoms with Gasteiger partial charge in [0.2, 0.25) is 0 Å². The number of benzene rings is 3. The van der Waals surface area contributed by atoms with Crippen LogP contribution in [0.15, 0.2) is 94.2 Å². The summed E-state index contributed by atoms with van der Waals surface area (Å²) in [6.07, 6.45) is 1.80. The molecule has 0 radical (unpaired) electrons.